The number of amides is 2. The molecule has 3 aliphatic rings. The van der Waals surface area contributed by atoms with Gasteiger partial charge in [0.05, 0.1) is 0 Å². The first-order chi connectivity index (χ1) is 11.6. The van der Waals surface area contributed by atoms with Crippen LogP contribution in [0.15, 0.2) is 24.3 Å². The lowest BCUT2D eigenvalue weighted by Gasteiger charge is -2.28. The molecule has 0 aromatic heterocycles. The van der Waals surface area contributed by atoms with Crippen LogP contribution in [0.5, 0.6) is 0 Å². The summed E-state index contributed by atoms with van der Waals surface area (Å²) < 4.78 is 0. The van der Waals surface area contributed by atoms with Gasteiger partial charge in [-0.3, -0.25) is 9.59 Å². The van der Waals surface area contributed by atoms with E-state index >= 15 is 0 Å². The summed E-state index contributed by atoms with van der Waals surface area (Å²) in [7, 11) is 0. The van der Waals surface area contributed by atoms with Crippen molar-refractivity contribution in [2.24, 2.45) is 11.8 Å². The molecule has 1 N–H and O–H groups in total. The molecule has 0 bridgehead atoms. The highest BCUT2D eigenvalue weighted by Gasteiger charge is 2.43. The molecule has 0 radical (unpaired) electrons. The fraction of sp³-hybridized carbons (Fsp3) is 0.579. The summed E-state index contributed by atoms with van der Waals surface area (Å²) in [6.45, 7) is 6.32. The first kappa shape index (κ1) is 18.2. The second-order valence-corrected chi connectivity index (χ2v) is 7.48. The normalized spacial score (nSPS) is 28.2. The smallest absolute Gasteiger partial charge is 0.245 e. The minimum atomic E-state index is -0.273. The largest absolute Gasteiger partial charge is 0.340 e. The van der Waals surface area contributed by atoms with Crippen molar-refractivity contribution in [2.45, 2.75) is 32.4 Å². The highest BCUT2D eigenvalue weighted by Crippen LogP contribution is 2.30. The molecule has 1 aromatic carbocycles. The van der Waals surface area contributed by atoms with Crippen LogP contribution in [0.2, 0.25) is 0 Å². The van der Waals surface area contributed by atoms with Crippen molar-refractivity contribution in [1.29, 1.82) is 0 Å². The molecule has 136 valence electrons. The Morgan fingerprint density at radius 2 is 1.80 bits per heavy atom. The van der Waals surface area contributed by atoms with Crippen LogP contribution in [0.1, 0.15) is 24.0 Å². The molecule has 3 aliphatic heterocycles. The third kappa shape index (κ3) is 3.53. The van der Waals surface area contributed by atoms with Crippen LogP contribution in [-0.2, 0) is 16.1 Å². The van der Waals surface area contributed by atoms with Gasteiger partial charge in [0.15, 0.2) is 0 Å². The molecule has 5 nitrogen and oxygen atoms in total. The number of nitrogens with one attached hydrogen (secondary N) is 1. The van der Waals surface area contributed by atoms with Gasteiger partial charge in [0.2, 0.25) is 11.8 Å². The first-order valence-corrected chi connectivity index (χ1v) is 8.96. The molecular formula is C19H26ClN3O2. The van der Waals surface area contributed by atoms with E-state index in [2.05, 4.69) is 24.4 Å². The second-order valence-electron chi connectivity index (χ2n) is 7.48. The van der Waals surface area contributed by atoms with E-state index < -0.39 is 0 Å². The topological polar surface area (TPSA) is 52.7 Å². The summed E-state index contributed by atoms with van der Waals surface area (Å²) in [5.74, 6) is 1.45. The molecule has 3 fully saturated rings. The van der Waals surface area contributed by atoms with Gasteiger partial charge in [-0.25, -0.2) is 0 Å². The number of benzene rings is 1. The lowest BCUT2D eigenvalue weighted by atomic mass is 10.0. The number of hydrogen-bond donors (Lipinski definition) is 1. The predicted molar refractivity (Wildman–Crippen MR) is 98.4 cm³/mol. The van der Waals surface area contributed by atoms with Gasteiger partial charge in [0.1, 0.15) is 6.04 Å². The highest BCUT2D eigenvalue weighted by molar-refractivity contribution is 5.91. The Bertz CT molecular complexity index is 637. The molecule has 0 saturated carbocycles. The summed E-state index contributed by atoms with van der Waals surface area (Å²) in [6, 6.07) is 7.94. The molecular weight excluding hydrogens is 338 g/mol. The van der Waals surface area contributed by atoms with Crippen molar-refractivity contribution in [3.05, 3.63) is 35.4 Å². The number of aryl methyl sites for hydroxylation is 1. The second kappa shape index (κ2) is 7.34. The van der Waals surface area contributed by atoms with Crippen LogP contribution in [-0.4, -0.2) is 53.8 Å². The predicted octanol–water partition coefficient (Wildman–Crippen LogP) is 1.59. The molecule has 2 amide bonds. The lowest BCUT2D eigenvalue weighted by molar-refractivity contribution is -0.141. The van der Waals surface area contributed by atoms with Gasteiger partial charge >= 0.3 is 0 Å². The van der Waals surface area contributed by atoms with Gasteiger partial charge in [0.25, 0.3) is 0 Å². The van der Waals surface area contributed by atoms with E-state index in [1.54, 1.807) is 4.90 Å². The van der Waals surface area contributed by atoms with Gasteiger partial charge in [-0.2, -0.15) is 0 Å². The molecule has 1 unspecified atom stereocenters. The molecule has 4 rings (SSSR count). The van der Waals surface area contributed by atoms with E-state index in [4.69, 9.17) is 0 Å². The number of halogens is 1. The Morgan fingerprint density at radius 1 is 1.16 bits per heavy atom. The van der Waals surface area contributed by atoms with Gasteiger partial charge in [0, 0.05) is 39.1 Å². The number of hydrogen-bond acceptors (Lipinski definition) is 3. The minimum Gasteiger partial charge on any atom is -0.340 e. The molecule has 0 aliphatic carbocycles. The van der Waals surface area contributed by atoms with Crippen molar-refractivity contribution in [2.75, 3.05) is 26.2 Å². The molecule has 25 heavy (non-hydrogen) atoms. The fourth-order valence-corrected chi connectivity index (χ4v) is 4.32. The van der Waals surface area contributed by atoms with E-state index in [0.29, 0.717) is 31.2 Å². The summed E-state index contributed by atoms with van der Waals surface area (Å²) in [6.07, 6.45) is 1.15. The van der Waals surface area contributed by atoms with Gasteiger partial charge < -0.3 is 15.1 Å². The highest BCUT2D eigenvalue weighted by atomic mass is 35.5. The van der Waals surface area contributed by atoms with Crippen molar-refractivity contribution in [1.82, 2.24) is 15.1 Å². The number of fused-ring (bicyclic) bond motifs is 1. The van der Waals surface area contributed by atoms with Crippen LogP contribution in [0.4, 0.5) is 0 Å². The van der Waals surface area contributed by atoms with E-state index in [1.807, 2.05) is 17.0 Å². The summed E-state index contributed by atoms with van der Waals surface area (Å²) in [5, 5.41) is 3.40. The average molecular weight is 364 g/mol. The van der Waals surface area contributed by atoms with Crippen molar-refractivity contribution >= 4 is 24.2 Å². The third-order valence-corrected chi connectivity index (χ3v) is 5.79. The van der Waals surface area contributed by atoms with Gasteiger partial charge in [-0.1, -0.05) is 29.8 Å². The number of nitrogens with zero attached hydrogens (tertiary/aromatic N) is 2. The van der Waals surface area contributed by atoms with E-state index in [9.17, 15) is 9.59 Å². The Morgan fingerprint density at radius 3 is 2.44 bits per heavy atom. The van der Waals surface area contributed by atoms with E-state index in [-0.39, 0.29) is 30.3 Å². The van der Waals surface area contributed by atoms with E-state index in [1.165, 1.54) is 5.56 Å². The summed E-state index contributed by atoms with van der Waals surface area (Å²) in [4.78, 5) is 29.1. The fourth-order valence-electron chi connectivity index (χ4n) is 4.32. The van der Waals surface area contributed by atoms with Crippen LogP contribution in [0.3, 0.4) is 0 Å². The molecule has 0 spiro atoms. The summed E-state index contributed by atoms with van der Waals surface area (Å²) >= 11 is 0. The van der Waals surface area contributed by atoms with Crippen molar-refractivity contribution in [3.8, 4) is 0 Å². The summed E-state index contributed by atoms with van der Waals surface area (Å²) in [5.41, 5.74) is 2.30. The Kier molecular flexibility index (Phi) is 5.35. The Hall–Kier alpha value is -1.59. The minimum absolute atomic E-state index is 0. The zero-order chi connectivity index (χ0) is 16.7. The first-order valence-electron chi connectivity index (χ1n) is 8.96. The number of rotatable bonds is 3. The number of carbonyl (C=O) groups is 2. The SMILES string of the molecule is Cc1ccc(CN2C(=O)CCC2C(=O)N2C[C@H]3CNC[C@H]3C2)cc1.Cl. The lowest BCUT2D eigenvalue weighted by Crippen LogP contribution is -2.46. The maximum Gasteiger partial charge on any atom is 0.245 e. The zero-order valence-corrected chi connectivity index (χ0v) is 15.4. The standard InChI is InChI=1S/C19H25N3O2.ClH/c1-13-2-4-14(5-3-13)10-22-17(6-7-18(22)23)19(24)21-11-15-8-20-9-16(15)12-21;/h2-5,15-17,20H,6-12H2,1H3;1H/t15-,16+,17?;. The quantitative estimate of drug-likeness (QED) is 0.887. The average Bonchev–Trinajstić information content (AvgIpc) is 3.24. The van der Waals surface area contributed by atoms with Crippen molar-refractivity contribution < 1.29 is 9.59 Å². The van der Waals surface area contributed by atoms with Crippen LogP contribution >= 0.6 is 12.4 Å². The van der Waals surface area contributed by atoms with Crippen LogP contribution < -0.4 is 5.32 Å². The number of likely N-dealkylation sites (tertiary alicyclic amines) is 2. The zero-order valence-electron chi connectivity index (χ0n) is 14.6. The van der Waals surface area contributed by atoms with Crippen LogP contribution in [0, 0.1) is 18.8 Å². The van der Waals surface area contributed by atoms with Crippen molar-refractivity contribution in [3.63, 3.8) is 0 Å². The maximum atomic E-state index is 13.0. The maximum absolute atomic E-state index is 13.0. The number of carbonyl (C=O) groups excluding carboxylic acids is 2. The Balaban J connectivity index is 0.00000182. The molecule has 1 aromatic rings. The molecule has 3 heterocycles. The molecule has 6 heteroatoms. The molecule has 3 atom stereocenters. The third-order valence-electron chi connectivity index (χ3n) is 5.79. The van der Waals surface area contributed by atoms with Crippen LogP contribution in [0.25, 0.3) is 0 Å². The van der Waals surface area contributed by atoms with Gasteiger partial charge in [-0.15, -0.1) is 12.4 Å². The van der Waals surface area contributed by atoms with Gasteiger partial charge in [-0.05, 0) is 30.7 Å². The van der Waals surface area contributed by atoms with E-state index in [0.717, 1.165) is 31.7 Å². The monoisotopic (exact) mass is 363 g/mol. The molecule has 3 saturated heterocycles. The Labute approximate surface area is 155 Å².